The van der Waals surface area contributed by atoms with Crippen molar-refractivity contribution in [1.82, 2.24) is 9.80 Å². The summed E-state index contributed by atoms with van der Waals surface area (Å²) in [4.78, 5) is 4.88. The van der Waals surface area contributed by atoms with Gasteiger partial charge in [0, 0.05) is 38.3 Å². The number of likely N-dealkylation sites (N-methyl/N-ethyl adjacent to an activating group) is 1. The number of hydrogen-bond donors (Lipinski definition) is 1. The lowest BCUT2D eigenvalue weighted by Gasteiger charge is -2.42. The molecule has 1 unspecified atom stereocenters. The van der Waals surface area contributed by atoms with Crippen LogP contribution in [0.25, 0.3) is 0 Å². The fourth-order valence-electron chi connectivity index (χ4n) is 2.50. The van der Waals surface area contributed by atoms with Crippen LogP contribution < -0.4 is 5.73 Å². The molecule has 1 aromatic rings. The molecular formula is C14H23N3. The zero-order valence-corrected chi connectivity index (χ0v) is 10.8. The molecule has 0 spiro atoms. The molecule has 1 fully saturated rings. The van der Waals surface area contributed by atoms with Crippen molar-refractivity contribution in [2.75, 3.05) is 26.7 Å². The van der Waals surface area contributed by atoms with Crippen molar-refractivity contribution < 1.29 is 0 Å². The van der Waals surface area contributed by atoms with E-state index < -0.39 is 0 Å². The molecule has 1 aromatic carbocycles. The Morgan fingerprint density at radius 2 is 2.00 bits per heavy atom. The van der Waals surface area contributed by atoms with Gasteiger partial charge in [-0.15, -0.1) is 0 Å². The topological polar surface area (TPSA) is 32.5 Å². The van der Waals surface area contributed by atoms with E-state index >= 15 is 0 Å². The van der Waals surface area contributed by atoms with E-state index in [1.54, 1.807) is 0 Å². The van der Waals surface area contributed by atoms with Crippen molar-refractivity contribution in [2.45, 2.75) is 25.6 Å². The fourth-order valence-corrected chi connectivity index (χ4v) is 2.50. The molecule has 3 heteroatoms. The van der Waals surface area contributed by atoms with E-state index in [9.17, 15) is 0 Å². The number of piperazine rings is 1. The normalized spacial score (nSPS) is 24.8. The van der Waals surface area contributed by atoms with E-state index in [0.717, 1.165) is 26.2 Å². The van der Waals surface area contributed by atoms with Gasteiger partial charge in [0.2, 0.25) is 0 Å². The summed E-state index contributed by atoms with van der Waals surface area (Å²) >= 11 is 0. The molecule has 0 amide bonds. The monoisotopic (exact) mass is 233 g/mol. The van der Waals surface area contributed by atoms with E-state index in [1.165, 1.54) is 5.56 Å². The molecule has 2 N–H and O–H groups in total. The van der Waals surface area contributed by atoms with Gasteiger partial charge in [0.05, 0.1) is 0 Å². The zero-order valence-electron chi connectivity index (χ0n) is 10.8. The molecule has 3 nitrogen and oxygen atoms in total. The second-order valence-corrected chi connectivity index (χ2v) is 5.14. The number of rotatable bonds is 3. The molecule has 1 heterocycles. The summed E-state index contributed by atoms with van der Waals surface area (Å²) in [5, 5.41) is 0. The van der Waals surface area contributed by atoms with Crippen LogP contribution in [0, 0.1) is 0 Å². The third kappa shape index (κ3) is 3.28. The summed E-state index contributed by atoms with van der Waals surface area (Å²) < 4.78 is 0. The molecule has 94 valence electrons. The summed E-state index contributed by atoms with van der Waals surface area (Å²) in [6.45, 7) is 6.45. The van der Waals surface area contributed by atoms with Crippen LogP contribution in [0.5, 0.6) is 0 Å². The first-order valence-corrected chi connectivity index (χ1v) is 6.39. The van der Waals surface area contributed by atoms with E-state index in [-0.39, 0.29) is 6.04 Å². The standard InChI is InChI=1S/C14H23N3/c1-12(15)14-11-16(2)8-9-17(14)10-13-6-4-3-5-7-13/h3-7,12,14H,8-11,15H2,1-2H3/t12-,14?/m1/s1. The van der Waals surface area contributed by atoms with E-state index in [0.29, 0.717) is 6.04 Å². The summed E-state index contributed by atoms with van der Waals surface area (Å²) in [5.41, 5.74) is 7.48. The Bertz CT molecular complexity index is 337. The molecular weight excluding hydrogens is 210 g/mol. The molecule has 2 rings (SSSR count). The van der Waals surface area contributed by atoms with Crippen LogP contribution in [0.2, 0.25) is 0 Å². The van der Waals surface area contributed by atoms with Crippen molar-refractivity contribution in [3.63, 3.8) is 0 Å². The van der Waals surface area contributed by atoms with Crippen molar-refractivity contribution in [2.24, 2.45) is 5.73 Å². The smallest absolute Gasteiger partial charge is 0.0375 e. The van der Waals surface area contributed by atoms with Gasteiger partial charge in [-0.2, -0.15) is 0 Å². The fraction of sp³-hybridized carbons (Fsp3) is 0.571. The molecule has 1 aliphatic heterocycles. The Hall–Kier alpha value is -0.900. The lowest BCUT2D eigenvalue weighted by atomic mass is 10.0. The Morgan fingerprint density at radius 1 is 1.29 bits per heavy atom. The van der Waals surface area contributed by atoms with Gasteiger partial charge in [-0.3, -0.25) is 4.90 Å². The van der Waals surface area contributed by atoms with Crippen LogP contribution in [0.1, 0.15) is 12.5 Å². The van der Waals surface area contributed by atoms with Gasteiger partial charge < -0.3 is 10.6 Å². The van der Waals surface area contributed by atoms with Crippen molar-refractivity contribution >= 4 is 0 Å². The molecule has 0 radical (unpaired) electrons. The molecule has 1 saturated heterocycles. The minimum Gasteiger partial charge on any atom is -0.326 e. The maximum atomic E-state index is 6.11. The Balaban J connectivity index is 2.03. The minimum absolute atomic E-state index is 0.224. The Kier molecular flexibility index (Phi) is 4.15. The summed E-state index contributed by atoms with van der Waals surface area (Å²) in [6.07, 6.45) is 0. The number of nitrogens with two attached hydrogens (primary N) is 1. The third-order valence-electron chi connectivity index (χ3n) is 3.57. The molecule has 0 saturated carbocycles. The number of hydrogen-bond acceptors (Lipinski definition) is 3. The summed E-state index contributed by atoms with van der Waals surface area (Å²) in [5.74, 6) is 0. The van der Waals surface area contributed by atoms with Crippen LogP contribution >= 0.6 is 0 Å². The second kappa shape index (κ2) is 5.63. The number of benzene rings is 1. The van der Waals surface area contributed by atoms with Crippen molar-refractivity contribution in [3.05, 3.63) is 35.9 Å². The lowest BCUT2D eigenvalue weighted by molar-refractivity contribution is 0.0715. The summed E-state index contributed by atoms with van der Waals surface area (Å²) in [6, 6.07) is 11.3. The first-order chi connectivity index (χ1) is 8.16. The molecule has 0 bridgehead atoms. The van der Waals surface area contributed by atoms with E-state index in [1.807, 2.05) is 0 Å². The molecule has 2 atom stereocenters. The predicted molar refractivity (Wildman–Crippen MR) is 71.8 cm³/mol. The highest BCUT2D eigenvalue weighted by Gasteiger charge is 2.27. The Morgan fingerprint density at radius 3 is 2.65 bits per heavy atom. The first-order valence-electron chi connectivity index (χ1n) is 6.39. The highest BCUT2D eigenvalue weighted by Crippen LogP contribution is 2.15. The van der Waals surface area contributed by atoms with Gasteiger partial charge in [0.1, 0.15) is 0 Å². The van der Waals surface area contributed by atoms with Crippen molar-refractivity contribution in [1.29, 1.82) is 0 Å². The SMILES string of the molecule is C[C@@H](N)C1CN(C)CCN1Cc1ccccc1. The van der Waals surface area contributed by atoms with Crippen LogP contribution in [0.3, 0.4) is 0 Å². The van der Waals surface area contributed by atoms with Gasteiger partial charge in [-0.25, -0.2) is 0 Å². The summed E-state index contributed by atoms with van der Waals surface area (Å²) in [7, 11) is 2.18. The van der Waals surface area contributed by atoms with Crippen LogP contribution in [0.15, 0.2) is 30.3 Å². The van der Waals surface area contributed by atoms with Gasteiger partial charge >= 0.3 is 0 Å². The quantitative estimate of drug-likeness (QED) is 0.850. The lowest BCUT2D eigenvalue weighted by Crippen LogP contribution is -2.57. The Labute approximate surface area is 104 Å². The predicted octanol–water partition coefficient (Wildman–Crippen LogP) is 1.15. The van der Waals surface area contributed by atoms with Gasteiger partial charge in [0.25, 0.3) is 0 Å². The number of nitrogens with zero attached hydrogens (tertiary/aromatic N) is 2. The van der Waals surface area contributed by atoms with Crippen LogP contribution in [0.4, 0.5) is 0 Å². The molecule has 17 heavy (non-hydrogen) atoms. The van der Waals surface area contributed by atoms with Crippen LogP contribution in [-0.2, 0) is 6.54 Å². The maximum absolute atomic E-state index is 6.11. The van der Waals surface area contributed by atoms with Crippen LogP contribution in [-0.4, -0.2) is 48.6 Å². The third-order valence-corrected chi connectivity index (χ3v) is 3.57. The maximum Gasteiger partial charge on any atom is 0.0375 e. The average molecular weight is 233 g/mol. The van der Waals surface area contributed by atoms with Gasteiger partial charge in [-0.05, 0) is 19.5 Å². The van der Waals surface area contributed by atoms with E-state index in [2.05, 4.69) is 54.1 Å². The highest BCUT2D eigenvalue weighted by molar-refractivity contribution is 5.14. The van der Waals surface area contributed by atoms with Crippen molar-refractivity contribution in [3.8, 4) is 0 Å². The molecule has 0 aliphatic carbocycles. The largest absolute Gasteiger partial charge is 0.326 e. The van der Waals surface area contributed by atoms with E-state index in [4.69, 9.17) is 5.73 Å². The highest BCUT2D eigenvalue weighted by atomic mass is 15.3. The molecule has 0 aromatic heterocycles. The second-order valence-electron chi connectivity index (χ2n) is 5.14. The zero-order chi connectivity index (χ0) is 12.3. The minimum atomic E-state index is 0.224. The van der Waals surface area contributed by atoms with Gasteiger partial charge in [-0.1, -0.05) is 30.3 Å². The van der Waals surface area contributed by atoms with Gasteiger partial charge in [0.15, 0.2) is 0 Å². The average Bonchev–Trinajstić information content (AvgIpc) is 2.32. The molecule has 1 aliphatic rings. The first kappa shape index (κ1) is 12.6.